The molecule has 2 heterocycles. The van der Waals surface area contributed by atoms with Gasteiger partial charge < -0.3 is 9.64 Å². The number of aromatic nitrogens is 3. The Morgan fingerprint density at radius 1 is 1.10 bits per heavy atom. The van der Waals surface area contributed by atoms with Crippen LogP contribution in [0.4, 0.5) is 0 Å². The summed E-state index contributed by atoms with van der Waals surface area (Å²) in [4.78, 5) is 27.3. The molecular weight excluding hydrogens is 488 g/mol. The van der Waals surface area contributed by atoms with Crippen molar-refractivity contribution >= 4 is 17.8 Å². The number of β-lactam (4-membered cyclic amide) rings is 1. The lowest BCUT2D eigenvalue weighted by atomic mass is 9.93. The lowest BCUT2D eigenvalue weighted by Crippen LogP contribution is -2.60. The number of ether oxygens (including phenoxy) is 1. The van der Waals surface area contributed by atoms with Crippen molar-refractivity contribution < 1.29 is 14.3 Å². The van der Waals surface area contributed by atoms with Gasteiger partial charge in [-0.1, -0.05) is 85.3 Å². The van der Waals surface area contributed by atoms with E-state index in [0.29, 0.717) is 17.0 Å². The van der Waals surface area contributed by atoms with E-state index in [1.807, 2.05) is 47.4 Å². The van der Waals surface area contributed by atoms with Gasteiger partial charge in [0.15, 0.2) is 11.8 Å². The van der Waals surface area contributed by atoms with Crippen LogP contribution in [-0.2, 0) is 11.4 Å². The first-order chi connectivity index (χ1) is 19.1. The fourth-order valence-corrected chi connectivity index (χ4v) is 4.65. The van der Waals surface area contributed by atoms with Crippen LogP contribution in [0.15, 0.2) is 103 Å². The van der Waals surface area contributed by atoms with Crippen molar-refractivity contribution in [1.29, 1.82) is 0 Å². The first-order valence-electron chi connectivity index (χ1n) is 13.4. The Labute approximate surface area is 228 Å². The number of rotatable bonds is 12. The molecule has 1 amide bonds. The maximum absolute atomic E-state index is 13.0. The zero-order valence-corrected chi connectivity index (χ0v) is 22.0. The topological polar surface area (TPSA) is 77.3 Å². The van der Waals surface area contributed by atoms with Gasteiger partial charge in [0.05, 0.1) is 12.2 Å². The number of ketones is 1. The second-order valence-corrected chi connectivity index (χ2v) is 9.63. The molecule has 39 heavy (non-hydrogen) atoms. The molecule has 5 rings (SSSR count). The van der Waals surface area contributed by atoms with Gasteiger partial charge in [0.2, 0.25) is 0 Å². The molecule has 2 aromatic carbocycles. The Morgan fingerprint density at radius 3 is 2.67 bits per heavy atom. The lowest BCUT2D eigenvalue weighted by molar-refractivity contribution is -0.152. The summed E-state index contributed by atoms with van der Waals surface area (Å²) in [6.07, 6.45) is 18.3. The highest BCUT2D eigenvalue weighted by Gasteiger charge is 2.47. The normalized spacial score (nSPS) is 18.6. The molecule has 2 atom stereocenters. The molecule has 0 bridgehead atoms. The molecule has 7 heteroatoms. The van der Waals surface area contributed by atoms with E-state index in [1.165, 1.54) is 0 Å². The van der Waals surface area contributed by atoms with Gasteiger partial charge >= 0.3 is 0 Å². The Balaban J connectivity index is 1.20. The summed E-state index contributed by atoms with van der Waals surface area (Å²) in [6.45, 7) is 3.05. The van der Waals surface area contributed by atoms with E-state index in [-0.39, 0.29) is 24.3 Å². The van der Waals surface area contributed by atoms with E-state index in [2.05, 4.69) is 41.5 Å². The van der Waals surface area contributed by atoms with Gasteiger partial charge in [0.1, 0.15) is 18.1 Å². The second kappa shape index (κ2) is 12.3. The summed E-state index contributed by atoms with van der Waals surface area (Å²) in [5, 5.41) is 8.49. The number of amides is 1. The molecule has 0 spiro atoms. The Kier molecular flexibility index (Phi) is 8.26. The summed E-state index contributed by atoms with van der Waals surface area (Å²) in [6, 6.07) is 16.6. The molecule has 0 N–H and O–H groups in total. The van der Waals surface area contributed by atoms with Crippen molar-refractivity contribution in [2.75, 3.05) is 6.54 Å². The van der Waals surface area contributed by atoms with Crippen molar-refractivity contribution in [2.45, 2.75) is 44.9 Å². The SMILES string of the molecule is CCCCN1C(=O)C(n2cc(COc3ccc(C(=O)/C=C/C4=CCC=C4)cc3)nn2)[C@H]1/C=C/c1ccccc1. The summed E-state index contributed by atoms with van der Waals surface area (Å²) in [7, 11) is 0. The van der Waals surface area contributed by atoms with Gasteiger partial charge in [-0.25, -0.2) is 4.68 Å². The minimum absolute atomic E-state index is 0.0538. The number of nitrogens with zero attached hydrogens (tertiary/aromatic N) is 4. The molecule has 1 unspecified atom stereocenters. The quantitative estimate of drug-likeness (QED) is 0.173. The molecule has 0 radical (unpaired) electrons. The second-order valence-electron chi connectivity index (χ2n) is 9.63. The number of benzene rings is 2. The smallest absolute Gasteiger partial charge is 0.250 e. The zero-order chi connectivity index (χ0) is 27.0. The molecule has 1 saturated heterocycles. The Morgan fingerprint density at radius 2 is 1.92 bits per heavy atom. The standard InChI is InChI=1S/C32H32N4O3/c1-2-3-21-35-29(19-13-24-9-5-4-6-10-24)31(32(35)38)36-22-27(33-34-36)23-39-28-17-15-26(16-18-28)30(37)20-14-25-11-7-8-12-25/h4-7,9-20,22,29,31H,2-3,8,21,23H2,1H3/b19-13+,20-14+/t29-,31?/m1/s1. The first-order valence-corrected chi connectivity index (χ1v) is 13.4. The molecule has 1 aromatic heterocycles. The zero-order valence-electron chi connectivity index (χ0n) is 22.0. The van der Waals surface area contributed by atoms with Crippen LogP contribution in [0.2, 0.25) is 0 Å². The lowest BCUT2D eigenvalue weighted by Gasteiger charge is -2.45. The molecule has 1 fully saturated rings. The van der Waals surface area contributed by atoms with Crippen molar-refractivity contribution in [3.8, 4) is 5.75 Å². The number of hydrogen-bond acceptors (Lipinski definition) is 5. The van der Waals surface area contributed by atoms with Crippen LogP contribution in [0.25, 0.3) is 6.08 Å². The van der Waals surface area contributed by atoms with E-state index in [0.717, 1.165) is 36.9 Å². The monoisotopic (exact) mass is 520 g/mol. The van der Waals surface area contributed by atoms with E-state index in [9.17, 15) is 9.59 Å². The third-order valence-electron chi connectivity index (χ3n) is 6.85. The van der Waals surface area contributed by atoms with Crippen LogP contribution in [0.1, 0.15) is 53.8 Å². The van der Waals surface area contributed by atoms with Gasteiger partial charge in [-0.15, -0.1) is 5.10 Å². The predicted molar refractivity (Wildman–Crippen MR) is 151 cm³/mol. The van der Waals surface area contributed by atoms with Gasteiger partial charge in [-0.2, -0.15) is 0 Å². The number of carbonyl (C=O) groups excluding carboxylic acids is 2. The van der Waals surface area contributed by atoms with Crippen LogP contribution in [0.3, 0.4) is 0 Å². The average molecular weight is 521 g/mol. The fraction of sp³-hybridized carbons (Fsp3) is 0.250. The van der Waals surface area contributed by atoms with E-state index < -0.39 is 6.04 Å². The van der Waals surface area contributed by atoms with Gasteiger partial charge in [-0.05, 0) is 54.3 Å². The molecule has 3 aromatic rings. The third kappa shape index (κ3) is 6.32. The van der Waals surface area contributed by atoms with E-state index >= 15 is 0 Å². The Hall–Kier alpha value is -4.52. The molecular formula is C32H32N4O3. The van der Waals surface area contributed by atoms with E-state index in [1.54, 1.807) is 41.2 Å². The molecule has 7 nitrogen and oxygen atoms in total. The van der Waals surface area contributed by atoms with Crippen LogP contribution in [0, 0.1) is 0 Å². The number of likely N-dealkylation sites (tertiary alicyclic amines) is 1. The summed E-state index contributed by atoms with van der Waals surface area (Å²) >= 11 is 0. The van der Waals surface area contributed by atoms with Crippen molar-refractivity contribution in [3.05, 3.63) is 120 Å². The van der Waals surface area contributed by atoms with Gasteiger partial charge in [0, 0.05) is 12.1 Å². The van der Waals surface area contributed by atoms with Crippen LogP contribution < -0.4 is 4.74 Å². The Bertz CT molecular complexity index is 1420. The third-order valence-corrected chi connectivity index (χ3v) is 6.85. The summed E-state index contributed by atoms with van der Waals surface area (Å²) in [5.41, 5.74) is 3.36. The maximum atomic E-state index is 13.0. The minimum atomic E-state index is -0.420. The number of hydrogen-bond donors (Lipinski definition) is 0. The molecule has 2 aliphatic rings. The van der Waals surface area contributed by atoms with Crippen LogP contribution in [-0.4, -0.2) is 44.2 Å². The van der Waals surface area contributed by atoms with Crippen molar-refractivity contribution in [1.82, 2.24) is 19.9 Å². The molecule has 198 valence electrons. The fourth-order valence-electron chi connectivity index (χ4n) is 4.65. The predicted octanol–water partition coefficient (Wildman–Crippen LogP) is 5.75. The average Bonchev–Trinajstić information content (AvgIpc) is 3.66. The summed E-state index contributed by atoms with van der Waals surface area (Å²) < 4.78 is 7.52. The highest BCUT2D eigenvalue weighted by atomic mass is 16.5. The van der Waals surface area contributed by atoms with Gasteiger partial charge in [-0.3, -0.25) is 9.59 Å². The van der Waals surface area contributed by atoms with Gasteiger partial charge in [0.25, 0.3) is 5.91 Å². The highest BCUT2D eigenvalue weighted by molar-refractivity contribution is 6.04. The van der Waals surface area contributed by atoms with Crippen molar-refractivity contribution in [2.24, 2.45) is 0 Å². The first kappa shape index (κ1) is 26.1. The number of carbonyl (C=O) groups is 2. The largest absolute Gasteiger partial charge is 0.487 e. The number of allylic oxidation sites excluding steroid dienone is 6. The highest BCUT2D eigenvalue weighted by Crippen LogP contribution is 2.32. The molecule has 1 aliphatic carbocycles. The summed E-state index contributed by atoms with van der Waals surface area (Å²) in [5.74, 6) is 0.624. The van der Waals surface area contributed by atoms with Crippen LogP contribution >= 0.6 is 0 Å². The maximum Gasteiger partial charge on any atom is 0.250 e. The van der Waals surface area contributed by atoms with Crippen LogP contribution in [0.5, 0.6) is 5.75 Å². The molecule has 1 aliphatic heterocycles. The van der Waals surface area contributed by atoms with E-state index in [4.69, 9.17) is 4.74 Å². The molecule has 0 saturated carbocycles. The minimum Gasteiger partial charge on any atom is -0.487 e. The number of unbranched alkanes of at least 4 members (excludes halogenated alkanes) is 1. The van der Waals surface area contributed by atoms with Crippen molar-refractivity contribution in [3.63, 3.8) is 0 Å².